The molecule has 0 unspecified atom stereocenters. The Morgan fingerprint density at radius 2 is 1.88 bits per heavy atom. The van der Waals surface area contributed by atoms with E-state index in [4.69, 9.17) is 32.4 Å². The second-order valence-corrected chi connectivity index (χ2v) is 8.00. The van der Waals surface area contributed by atoms with Crippen LogP contribution in [0.4, 0.5) is 5.69 Å². The van der Waals surface area contributed by atoms with Gasteiger partial charge < -0.3 is 9.15 Å². The maximum atomic E-state index is 12.8. The number of furan rings is 1. The second-order valence-electron chi connectivity index (χ2n) is 7.19. The minimum Gasteiger partial charge on any atom is -0.462 e. The fraction of sp³-hybridized carbons (Fsp3) is 0.125. The zero-order chi connectivity index (χ0) is 23.7. The number of nitrogens with one attached hydrogen (secondary N) is 1. The van der Waals surface area contributed by atoms with Crippen molar-refractivity contribution in [1.29, 1.82) is 0 Å². The third kappa shape index (κ3) is 4.51. The molecule has 1 saturated heterocycles. The first-order chi connectivity index (χ1) is 15.8. The van der Waals surface area contributed by atoms with Gasteiger partial charge in [-0.25, -0.2) is 9.80 Å². The van der Waals surface area contributed by atoms with Crippen LogP contribution in [0.2, 0.25) is 10.0 Å². The number of carbonyl (C=O) groups is 3. The summed E-state index contributed by atoms with van der Waals surface area (Å²) >= 11 is 12.3. The summed E-state index contributed by atoms with van der Waals surface area (Å²) in [7, 11) is 0. The average Bonchev–Trinajstić information content (AvgIpc) is 3.36. The van der Waals surface area contributed by atoms with Crippen molar-refractivity contribution in [2.45, 2.75) is 13.8 Å². The molecule has 1 aliphatic rings. The van der Waals surface area contributed by atoms with E-state index in [1.807, 2.05) is 6.92 Å². The third-order valence-corrected chi connectivity index (χ3v) is 5.70. The van der Waals surface area contributed by atoms with Crippen LogP contribution in [-0.2, 0) is 14.3 Å². The lowest BCUT2D eigenvalue weighted by atomic mass is 10.1. The van der Waals surface area contributed by atoms with Crippen LogP contribution in [0.1, 0.15) is 28.6 Å². The summed E-state index contributed by atoms with van der Waals surface area (Å²) in [6.45, 7) is 3.77. The van der Waals surface area contributed by atoms with Gasteiger partial charge in [-0.05, 0) is 68.0 Å². The van der Waals surface area contributed by atoms with E-state index in [1.54, 1.807) is 55.5 Å². The number of esters is 1. The van der Waals surface area contributed by atoms with Crippen molar-refractivity contribution in [2.24, 2.45) is 0 Å². The third-order valence-electron chi connectivity index (χ3n) is 4.96. The van der Waals surface area contributed by atoms with E-state index < -0.39 is 17.8 Å². The Kier molecular flexibility index (Phi) is 6.26. The van der Waals surface area contributed by atoms with Gasteiger partial charge in [0.2, 0.25) is 0 Å². The number of nitrogens with zero attached hydrogens (tertiary/aromatic N) is 1. The second kappa shape index (κ2) is 9.13. The monoisotopic (exact) mass is 484 g/mol. The maximum Gasteiger partial charge on any atom is 0.339 e. The Morgan fingerprint density at radius 1 is 1.09 bits per heavy atom. The highest BCUT2D eigenvalue weighted by atomic mass is 35.5. The molecular formula is C24H18Cl2N2O5. The number of hydrazine groups is 1. The van der Waals surface area contributed by atoms with Crippen LogP contribution in [0, 0.1) is 6.92 Å². The lowest BCUT2D eigenvalue weighted by Crippen LogP contribution is -2.35. The van der Waals surface area contributed by atoms with Crippen molar-refractivity contribution in [3.63, 3.8) is 0 Å². The largest absolute Gasteiger partial charge is 0.462 e. The summed E-state index contributed by atoms with van der Waals surface area (Å²) in [5.74, 6) is -0.917. The number of hydrogen-bond acceptors (Lipinski definition) is 5. The molecule has 4 rings (SSSR count). The summed E-state index contributed by atoms with van der Waals surface area (Å²) in [6.07, 6.45) is 1.36. The van der Waals surface area contributed by atoms with E-state index in [-0.39, 0.29) is 22.8 Å². The van der Waals surface area contributed by atoms with Crippen LogP contribution in [0.25, 0.3) is 17.4 Å². The number of aryl methyl sites for hydroxylation is 1. The Bertz CT molecular complexity index is 1310. The SMILES string of the molecule is CCOC(=O)c1cc(-c2ccc(/C=C3/C(=O)NN(c4ccc(C)c(Cl)c4)C3=O)o2)ccc1Cl. The van der Waals surface area contributed by atoms with Gasteiger partial charge in [0, 0.05) is 10.6 Å². The fourth-order valence-corrected chi connectivity index (χ4v) is 3.60. The number of hydrogen-bond donors (Lipinski definition) is 1. The maximum absolute atomic E-state index is 12.8. The van der Waals surface area contributed by atoms with Crippen LogP contribution in [0.3, 0.4) is 0 Å². The van der Waals surface area contributed by atoms with Gasteiger partial charge in [0.1, 0.15) is 17.1 Å². The standard InChI is InChI=1S/C24H18Cl2N2O5/c1-3-32-24(31)17-10-14(5-8-19(17)25)21-9-7-16(33-21)12-18-22(29)27-28(23(18)30)15-6-4-13(2)20(26)11-15/h4-12H,3H2,1-2H3,(H,27,29)/b18-12-. The highest BCUT2D eigenvalue weighted by Gasteiger charge is 2.35. The molecule has 2 amide bonds. The first-order valence-corrected chi connectivity index (χ1v) is 10.7. The Hall–Kier alpha value is -3.55. The summed E-state index contributed by atoms with van der Waals surface area (Å²) < 4.78 is 10.8. The lowest BCUT2D eigenvalue weighted by Gasteiger charge is -2.15. The molecule has 7 nitrogen and oxygen atoms in total. The number of amides is 2. The van der Waals surface area contributed by atoms with Crippen molar-refractivity contribution >= 4 is 52.7 Å². The first kappa shape index (κ1) is 22.6. The Labute approximate surface area is 199 Å². The molecule has 9 heteroatoms. The minimum atomic E-state index is -0.564. The van der Waals surface area contributed by atoms with E-state index in [0.717, 1.165) is 10.6 Å². The molecule has 3 aromatic rings. The molecule has 1 aromatic heterocycles. The van der Waals surface area contributed by atoms with Gasteiger partial charge in [0.05, 0.1) is 22.9 Å². The molecule has 2 heterocycles. The fourth-order valence-electron chi connectivity index (χ4n) is 3.23. The van der Waals surface area contributed by atoms with Gasteiger partial charge in [0.15, 0.2) is 0 Å². The topological polar surface area (TPSA) is 88.9 Å². The van der Waals surface area contributed by atoms with Crippen LogP contribution in [0.15, 0.2) is 58.5 Å². The van der Waals surface area contributed by atoms with Crippen molar-refractivity contribution in [1.82, 2.24) is 5.43 Å². The molecule has 168 valence electrons. The van der Waals surface area contributed by atoms with Crippen LogP contribution < -0.4 is 10.4 Å². The number of rotatable bonds is 5. The quantitative estimate of drug-likeness (QED) is 0.305. The highest BCUT2D eigenvalue weighted by Crippen LogP contribution is 2.30. The number of carbonyl (C=O) groups excluding carboxylic acids is 3. The molecule has 0 saturated carbocycles. The zero-order valence-corrected chi connectivity index (χ0v) is 19.2. The molecule has 1 N–H and O–H groups in total. The van der Waals surface area contributed by atoms with E-state index in [0.29, 0.717) is 27.8 Å². The normalized spacial score (nSPS) is 14.7. The molecule has 1 aliphatic heterocycles. The van der Waals surface area contributed by atoms with E-state index in [2.05, 4.69) is 5.43 Å². The van der Waals surface area contributed by atoms with Gasteiger partial charge in [-0.1, -0.05) is 29.3 Å². The van der Waals surface area contributed by atoms with Crippen molar-refractivity contribution in [3.8, 4) is 11.3 Å². The van der Waals surface area contributed by atoms with Crippen LogP contribution in [0.5, 0.6) is 0 Å². The van der Waals surface area contributed by atoms with Gasteiger partial charge in [-0.2, -0.15) is 0 Å². The van der Waals surface area contributed by atoms with Gasteiger partial charge in [-0.15, -0.1) is 0 Å². The average molecular weight is 485 g/mol. The minimum absolute atomic E-state index is 0.0871. The van der Waals surface area contributed by atoms with E-state index in [9.17, 15) is 14.4 Å². The number of halogens is 2. The first-order valence-electron chi connectivity index (χ1n) is 9.98. The van der Waals surface area contributed by atoms with Gasteiger partial charge >= 0.3 is 5.97 Å². The van der Waals surface area contributed by atoms with E-state index >= 15 is 0 Å². The van der Waals surface area contributed by atoms with Crippen LogP contribution in [-0.4, -0.2) is 24.4 Å². The van der Waals surface area contributed by atoms with Gasteiger partial charge in [-0.3, -0.25) is 15.0 Å². The number of benzene rings is 2. The summed E-state index contributed by atoms with van der Waals surface area (Å²) in [4.78, 5) is 37.4. The zero-order valence-electron chi connectivity index (χ0n) is 17.6. The molecule has 0 radical (unpaired) electrons. The molecule has 0 atom stereocenters. The molecule has 0 aliphatic carbocycles. The Balaban J connectivity index is 1.60. The molecular weight excluding hydrogens is 467 g/mol. The predicted octanol–water partition coefficient (Wildman–Crippen LogP) is 5.20. The van der Waals surface area contributed by atoms with Crippen LogP contribution >= 0.6 is 23.2 Å². The van der Waals surface area contributed by atoms with Crippen molar-refractivity contribution in [2.75, 3.05) is 11.6 Å². The van der Waals surface area contributed by atoms with Gasteiger partial charge in [0.25, 0.3) is 11.8 Å². The molecule has 0 bridgehead atoms. The molecule has 1 fully saturated rings. The lowest BCUT2D eigenvalue weighted by molar-refractivity contribution is -0.117. The number of ether oxygens (including phenoxy) is 1. The molecule has 0 spiro atoms. The van der Waals surface area contributed by atoms with E-state index in [1.165, 1.54) is 6.08 Å². The van der Waals surface area contributed by atoms with Crippen molar-refractivity contribution < 1.29 is 23.5 Å². The molecule has 33 heavy (non-hydrogen) atoms. The molecule has 2 aromatic carbocycles. The highest BCUT2D eigenvalue weighted by molar-refractivity contribution is 6.34. The van der Waals surface area contributed by atoms with Crippen molar-refractivity contribution in [3.05, 3.63) is 81.0 Å². The summed E-state index contributed by atoms with van der Waals surface area (Å²) in [6, 6.07) is 13.2. The predicted molar refractivity (Wildman–Crippen MR) is 125 cm³/mol. The summed E-state index contributed by atoms with van der Waals surface area (Å²) in [5, 5.41) is 1.87. The summed E-state index contributed by atoms with van der Waals surface area (Å²) in [5.41, 5.74) is 4.53. The Morgan fingerprint density at radius 3 is 2.61 bits per heavy atom. The smallest absolute Gasteiger partial charge is 0.339 e. The number of anilines is 1.